The highest BCUT2D eigenvalue weighted by molar-refractivity contribution is 5.74. The van der Waals surface area contributed by atoms with Gasteiger partial charge in [0.15, 0.2) is 0 Å². The molecule has 3 N–H and O–H groups in total. The normalized spacial score (nSPS) is 13.8. The van der Waals surface area contributed by atoms with Crippen LogP contribution in [0.2, 0.25) is 0 Å². The fourth-order valence-corrected chi connectivity index (χ4v) is 1.96. The molecule has 0 aromatic rings. The van der Waals surface area contributed by atoms with Crippen molar-refractivity contribution in [3.05, 3.63) is 0 Å². The lowest BCUT2D eigenvalue weighted by Crippen LogP contribution is -2.41. The van der Waals surface area contributed by atoms with Crippen LogP contribution in [0.5, 0.6) is 0 Å². The molecule has 0 aliphatic heterocycles. The second-order valence-corrected chi connectivity index (χ2v) is 5.98. The van der Waals surface area contributed by atoms with E-state index < -0.39 is 5.97 Å². The first-order valence-electron chi connectivity index (χ1n) is 7.74. The predicted octanol–water partition coefficient (Wildman–Crippen LogP) is 1.91. The summed E-state index contributed by atoms with van der Waals surface area (Å²) in [5, 5.41) is 14.5. The molecule has 0 saturated heterocycles. The van der Waals surface area contributed by atoms with Crippen LogP contribution in [-0.2, 0) is 4.79 Å². The molecule has 124 valence electrons. The molecule has 0 saturated carbocycles. The number of aliphatic carboxylic acids is 1. The second kappa shape index (κ2) is 11.4. The van der Waals surface area contributed by atoms with E-state index in [0.29, 0.717) is 13.0 Å². The van der Waals surface area contributed by atoms with Gasteiger partial charge in [0.1, 0.15) is 0 Å². The Balaban J connectivity index is 3.58. The number of carbonyl (C=O) groups is 2. The van der Waals surface area contributed by atoms with E-state index in [1.54, 1.807) is 6.92 Å². The Morgan fingerprint density at radius 2 is 1.76 bits per heavy atom. The van der Waals surface area contributed by atoms with E-state index in [4.69, 9.17) is 5.11 Å². The first kappa shape index (κ1) is 19.7. The summed E-state index contributed by atoms with van der Waals surface area (Å²) in [5.41, 5.74) is 0. The molecule has 2 unspecified atom stereocenters. The molecule has 2 amide bonds. The highest BCUT2D eigenvalue weighted by atomic mass is 16.4. The van der Waals surface area contributed by atoms with Gasteiger partial charge in [-0.05, 0) is 53.2 Å². The van der Waals surface area contributed by atoms with Crippen LogP contribution in [0.1, 0.15) is 46.0 Å². The molecule has 0 aromatic carbocycles. The summed E-state index contributed by atoms with van der Waals surface area (Å²) in [6.45, 7) is 5.36. The number of amides is 2. The van der Waals surface area contributed by atoms with Gasteiger partial charge in [0.2, 0.25) is 0 Å². The van der Waals surface area contributed by atoms with Gasteiger partial charge in [0.25, 0.3) is 0 Å². The quantitative estimate of drug-likeness (QED) is 0.509. The monoisotopic (exact) mass is 301 g/mol. The fourth-order valence-electron chi connectivity index (χ4n) is 1.96. The third-order valence-corrected chi connectivity index (χ3v) is 3.39. The number of hydrogen-bond acceptors (Lipinski definition) is 3. The lowest BCUT2D eigenvalue weighted by molar-refractivity contribution is -0.141. The first-order chi connectivity index (χ1) is 9.82. The third kappa shape index (κ3) is 12.2. The van der Waals surface area contributed by atoms with Crippen LogP contribution in [0, 0.1) is 5.92 Å². The smallest absolute Gasteiger partial charge is 0.314 e. The summed E-state index contributed by atoms with van der Waals surface area (Å²) >= 11 is 0. The molecule has 0 aromatic heterocycles. The number of carboxylic acid groups (broad SMARTS) is 1. The molecule has 0 rings (SSSR count). The van der Waals surface area contributed by atoms with Crippen LogP contribution in [-0.4, -0.2) is 55.2 Å². The van der Waals surface area contributed by atoms with Gasteiger partial charge in [-0.2, -0.15) is 0 Å². The van der Waals surface area contributed by atoms with Gasteiger partial charge >= 0.3 is 12.0 Å². The summed E-state index contributed by atoms with van der Waals surface area (Å²) in [5.74, 6) is -1.08. The largest absolute Gasteiger partial charge is 0.481 e. The van der Waals surface area contributed by atoms with Crippen molar-refractivity contribution in [2.75, 3.05) is 27.2 Å². The van der Waals surface area contributed by atoms with E-state index in [-0.39, 0.29) is 18.0 Å². The van der Waals surface area contributed by atoms with Crippen LogP contribution in [0.3, 0.4) is 0 Å². The molecule has 2 atom stereocenters. The number of carboxylic acids is 1. The van der Waals surface area contributed by atoms with Crippen molar-refractivity contribution in [2.45, 2.75) is 52.0 Å². The molecule has 0 aliphatic carbocycles. The predicted molar refractivity (Wildman–Crippen MR) is 84.4 cm³/mol. The molecule has 0 fully saturated rings. The Labute approximate surface area is 128 Å². The molecule has 0 spiro atoms. The Kier molecular flexibility index (Phi) is 10.7. The van der Waals surface area contributed by atoms with E-state index in [9.17, 15) is 9.59 Å². The third-order valence-electron chi connectivity index (χ3n) is 3.39. The Morgan fingerprint density at radius 3 is 2.33 bits per heavy atom. The van der Waals surface area contributed by atoms with Gasteiger partial charge in [-0.3, -0.25) is 4.79 Å². The van der Waals surface area contributed by atoms with E-state index in [2.05, 4.69) is 15.5 Å². The van der Waals surface area contributed by atoms with Crippen molar-refractivity contribution in [2.24, 2.45) is 5.92 Å². The molecular formula is C15H31N3O3. The maximum absolute atomic E-state index is 11.6. The number of urea groups is 1. The summed E-state index contributed by atoms with van der Waals surface area (Å²) in [4.78, 5) is 24.4. The molecule has 6 nitrogen and oxygen atoms in total. The van der Waals surface area contributed by atoms with Gasteiger partial charge in [-0.25, -0.2) is 4.79 Å². The van der Waals surface area contributed by atoms with E-state index >= 15 is 0 Å². The SMILES string of the molecule is CC(CCCC(C)C(=O)O)NC(=O)NCCCCN(C)C. The van der Waals surface area contributed by atoms with Crippen molar-refractivity contribution in [1.82, 2.24) is 15.5 Å². The lowest BCUT2D eigenvalue weighted by Gasteiger charge is -2.15. The highest BCUT2D eigenvalue weighted by Gasteiger charge is 2.12. The number of unbranched alkanes of at least 4 members (excludes halogenated alkanes) is 1. The molecule has 21 heavy (non-hydrogen) atoms. The van der Waals surface area contributed by atoms with Gasteiger partial charge < -0.3 is 20.6 Å². The van der Waals surface area contributed by atoms with Crippen molar-refractivity contribution in [3.63, 3.8) is 0 Å². The summed E-state index contributed by atoms with van der Waals surface area (Å²) in [6.07, 6.45) is 4.28. The summed E-state index contributed by atoms with van der Waals surface area (Å²) < 4.78 is 0. The lowest BCUT2D eigenvalue weighted by atomic mass is 10.0. The minimum Gasteiger partial charge on any atom is -0.481 e. The zero-order valence-electron chi connectivity index (χ0n) is 13.8. The molecule has 0 heterocycles. The van der Waals surface area contributed by atoms with Crippen LogP contribution in [0.25, 0.3) is 0 Å². The summed E-state index contributed by atoms with van der Waals surface area (Å²) in [6, 6.07) is -0.0774. The topological polar surface area (TPSA) is 81.7 Å². The molecule has 0 radical (unpaired) electrons. The van der Waals surface area contributed by atoms with E-state index in [1.807, 2.05) is 21.0 Å². The van der Waals surface area contributed by atoms with Crippen LogP contribution < -0.4 is 10.6 Å². The zero-order chi connectivity index (χ0) is 16.3. The van der Waals surface area contributed by atoms with Gasteiger partial charge in [-0.1, -0.05) is 13.3 Å². The first-order valence-corrected chi connectivity index (χ1v) is 7.74. The van der Waals surface area contributed by atoms with Crippen molar-refractivity contribution < 1.29 is 14.7 Å². The zero-order valence-corrected chi connectivity index (χ0v) is 13.8. The number of nitrogens with zero attached hydrogens (tertiary/aromatic N) is 1. The molecule has 0 aliphatic rings. The van der Waals surface area contributed by atoms with E-state index in [0.717, 1.165) is 32.2 Å². The second-order valence-electron chi connectivity index (χ2n) is 5.98. The minimum atomic E-state index is -0.758. The Bertz CT molecular complexity index is 309. The van der Waals surface area contributed by atoms with Crippen molar-refractivity contribution >= 4 is 12.0 Å². The van der Waals surface area contributed by atoms with Crippen LogP contribution in [0.4, 0.5) is 4.79 Å². The highest BCUT2D eigenvalue weighted by Crippen LogP contribution is 2.09. The Hall–Kier alpha value is -1.30. The van der Waals surface area contributed by atoms with Crippen LogP contribution >= 0.6 is 0 Å². The maximum atomic E-state index is 11.6. The summed E-state index contributed by atoms with van der Waals surface area (Å²) in [7, 11) is 4.07. The average molecular weight is 301 g/mol. The van der Waals surface area contributed by atoms with Gasteiger partial charge in [-0.15, -0.1) is 0 Å². The van der Waals surface area contributed by atoms with Crippen molar-refractivity contribution in [3.8, 4) is 0 Å². The Morgan fingerprint density at radius 1 is 1.10 bits per heavy atom. The number of nitrogens with one attached hydrogen (secondary N) is 2. The number of rotatable bonds is 11. The molecule has 0 bridgehead atoms. The van der Waals surface area contributed by atoms with Gasteiger partial charge in [0, 0.05) is 12.6 Å². The number of carbonyl (C=O) groups excluding carboxylic acids is 1. The van der Waals surface area contributed by atoms with Gasteiger partial charge in [0.05, 0.1) is 5.92 Å². The van der Waals surface area contributed by atoms with Crippen molar-refractivity contribution in [1.29, 1.82) is 0 Å². The number of hydrogen-bond donors (Lipinski definition) is 3. The van der Waals surface area contributed by atoms with E-state index in [1.165, 1.54) is 0 Å². The molecule has 6 heteroatoms. The molecular weight excluding hydrogens is 270 g/mol. The maximum Gasteiger partial charge on any atom is 0.314 e. The van der Waals surface area contributed by atoms with Crippen LogP contribution in [0.15, 0.2) is 0 Å². The fraction of sp³-hybridized carbons (Fsp3) is 0.867. The standard InChI is InChI=1S/C15H31N3O3/c1-12(14(19)20)8-7-9-13(2)17-15(21)16-10-5-6-11-18(3)4/h12-13H,5-11H2,1-4H3,(H,19,20)(H2,16,17,21). The average Bonchev–Trinajstić information content (AvgIpc) is 2.37. The minimum absolute atomic E-state index is 0.0628.